The Balaban J connectivity index is 2.20. The topological polar surface area (TPSA) is 25.2 Å². The molecule has 1 aliphatic heterocycles. The van der Waals surface area contributed by atoms with E-state index in [4.69, 9.17) is 11.6 Å². The molecule has 0 aromatic carbocycles. The molecule has 0 atom stereocenters. The van der Waals surface area contributed by atoms with E-state index >= 15 is 0 Å². The van der Waals surface area contributed by atoms with Gasteiger partial charge in [-0.05, 0) is 18.9 Å². The van der Waals surface area contributed by atoms with E-state index < -0.39 is 0 Å². The lowest BCUT2D eigenvalue weighted by Crippen LogP contribution is -2.25. The number of hydrogen-bond acceptors (Lipinski definition) is 2. The maximum Gasteiger partial charge on any atom is 0.117 e. The van der Waals surface area contributed by atoms with Gasteiger partial charge in [-0.15, -0.1) is 0 Å². The highest BCUT2D eigenvalue weighted by molar-refractivity contribution is 6.68. The van der Waals surface area contributed by atoms with Crippen molar-refractivity contribution in [1.82, 2.24) is 4.98 Å². The monoisotopic (exact) mass is 206 g/mol. The molecule has 0 bridgehead atoms. The zero-order valence-electron chi connectivity index (χ0n) is 7.83. The molecule has 1 aliphatic carbocycles. The Morgan fingerprint density at radius 3 is 2.86 bits per heavy atom. The number of aliphatic imine (C=N–C) groups is 1. The highest BCUT2D eigenvalue weighted by atomic mass is 35.5. The normalized spacial score (nSPS) is 22.5. The Morgan fingerprint density at radius 2 is 2.07 bits per heavy atom. The van der Waals surface area contributed by atoms with Crippen LogP contribution in [-0.2, 0) is 5.41 Å². The molecule has 1 saturated carbocycles. The van der Waals surface area contributed by atoms with Gasteiger partial charge in [-0.25, -0.2) is 4.99 Å². The van der Waals surface area contributed by atoms with Crippen LogP contribution in [0.1, 0.15) is 31.2 Å². The summed E-state index contributed by atoms with van der Waals surface area (Å²) in [6.07, 6.45) is 8.47. The Bertz CT molecular complexity index is 406. The van der Waals surface area contributed by atoms with Crippen molar-refractivity contribution in [1.29, 1.82) is 0 Å². The summed E-state index contributed by atoms with van der Waals surface area (Å²) in [4.78, 5) is 8.61. The van der Waals surface area contributed by atoms with Crippen LogP contribution >= 0.6 is 11.6 Å². The molecule has 0 saturated heterocycles. The standard InChI is InChI=1S/C11H11ClN2/c12-10-11(4-1-2-5-11)8-7-13-6-3-9(8)14-10/h3,6-7H,1-2,4-5H2. The molecule has 1 spiro atoms. The molecular weight excluding hydrogens is 196 g/mol. The molecule has 1 aromatic heterocycles. The van der Waals surface area contributed by atoms with Gasteiger partial charge in [0.05, 0.1) is 11.1 Å². The summed E-state index contributed by atoms with van der Waals surface area (Å²) in [7, 11) is 0. The minimum absolute atomic E-state index is 0.0329. The highest BCUT2D eigenvalue weighted by Gasteiger charge is 2.44. The van der Waals surface area contributed by atoms with Gasteiger partial charge in [0.25, 0.3) is 0 Å². The summed E-state index contributed by atoms with van der Waals surface area (Å²) in [5, 5.41) is 0.776. The second-order valence-electron chi connectivity index (χ2n) is 4.08. The fraction of sp³-hybridized carbons (Fsp3) is 0.455. The van der Waals surface area contributed by atoms with Gasteiger partial charge in [0.15, 0.2) is 0 Å². The zero-order valence-corrected chi connectivity index (χ0v) is 8.59. The van der Waals surface area contributed by atoms with Crippen LogP contribution in [0.5, 0.6) is 0 Å². The van der Waals surface area contributed by atoms with E-state index in [1.54, 1.807) is 6.20 Å². The molecule has 72 valence electrons. The molecule has 14 heavy (non-hydrogen) atoms. The van der Waals surface area contributed by atoms with Crippen LogP contribution < -0.4 is 0 Å². The van der Waals surface area contributed by atoms with Crippen molar-refractivity contribution < 1.29 is 0 Å². The molecule has 3 rings (SSSR count). The second kappa shape index (κ2) is 2.80. The van der Waals surface area contributed by atoms with Crippen LogP contribution in [0.25, 0.3) is 0 Å². The van der Waals surface area contributed by atoms with E-state index in [0.717, 1.165) is 23.7 Å². The Kier molecular flexibility index (Phi) is 1.68. The van der Waals surface area contributed by atoms with Crippen molar-refractivity contribution in [3.05, 3.63) is 24.0 Å². The Morgan fingerprint density at radius 1 is 1.29 bits per heavy atom. The summed E-state index contributed by atoms with van der Waals surface area (Å²) in [5.41, 5.74) is 2.29. The maximum atomic E-state index is 6.26. The molecule has 0 amide bonds. The SMILES string of the molecule is ClC1=Nc2ccncc2C12CCCC2. The number of pyridine rings is 1. The summed E-state index contributed by atoms with van der Waals surface area (Å²) >= 11 is 6.26. The number of rotatable bonds is 0. The van der Waals surface area contributed by atoms with Gasteiger partial charge in [0.1, 0.15) is 5.17 Å². The van der Waals surface area contributed by atoms with Crippen LogP contribution in [0.15, 0.2) is 23.5 Å². The quantitative estimate of drug-likeness (QED) is 0.640. The van der Waals surface area contributed by atoms with Crippen molar-refractivity contribution >= 4 is 22.5 Å². The van der Waals surface area contributed by atoms with Gasteiger partial charge < -0.3 is 0 Å². The third-order valence-electron chi connectivity index (χ3n) is 3.38. The molecule has 2 heterocycles. The summed E-state index contributed by atoms with van der Waals surface area (Å²) < 4.78 is 0. The summed E-state index contributed by atoms with van der Waals surface area (Å²) in [5.74, 6) is 0. The second-order valence-corrected chi connectivity index (χ2v) is 4.44. The van der Waals surface area contributed by atoms with Gasteiger partial charge in [-0.2, -0.15) is 0 Å². The van der Waals surface area contributed by atoms with Gasteiger partial charge in [-0.3, -0.25) is 4.98 Å². The van der Waals surface area contributed by atoms with E-state index in [9.17, 15) is 0 Å². The number of nitrogens with zero attached hydrogens (tertiary/aromatic N) is 2. The number of hydrogen-bond donors (Lipinski definition) is 0. The van der Waals surface area contributed by atoms with Gasteiger partial charge in [0, 0.05) is 18.0 Å². The van der Waals surface area contributed by atoms with Crippen LogP contribution in [-0.4, -0.2) is 10.2 Å². The van der Waals surface area contributed by atoms with Crippen molar-refractivity contribution in [2.75, 3.05) is 0 Å². The van der Waals surface area contributed by atoms with Crippen LogP contribution in [0, 0.1) is 0 Å². The first-order valence-corrected chi connectivity index (χ1v) is 5.40. The first kappa shape index (κ1) is 8.42. The lowest BCUT2D eigenvalue weighted by Gasteiger charge is -2.22. The summed E-state index contributed by atoms with van der Waals surface area (Å²) in [6, 6.07) is 1.95. The fourth-order valence-corrected chi connectivity index (χ4v) is 3.01. The first-order chi connectivity index (χ1) is 6.83. The molecule has 0 N–H and O–H groups in total. The highest BCUT2D eigenvalue weighted by Crippen LogP contribution is 2.50. The third-order valence-corrected chi connectivity index (χ3v) is 3.83. The lowest BCUT2D eigenvalue weighted by molar-refractivity contribution is 0.617. The first-order valence-electron chi connectivity index (χ1n) is 5.02. The molecule has 2 aliphatic rings. The lowest BCUT2D eigenvalue weighted by atomic mass is 9.82. The van der Waals surface area contributed by atoms with Gasteiger partial charge in [0.2, 0.25) is 0 Å². The number of aromatic nitrogens is 1. The largest absolute Gasteiger partial charge is 0.264 e. The molecule has 2 nitrogen and oxygen atoms in total. The fourth-order valence-electron chi connectivity index (χ4n) is 2.63. The average molecular weight is 207 g/mol. The predicted molar refractivity (Wildman–Crippen MR) is 57.3 cm³/mol. The van der Waals surface area contributed by atoms with Gasteiger partial charge in [-0.1, -0.05) is 24.4 Å². The molecular formula is C11H11ClN2. The molecule has 1 aromatic rings. The smallest absolute Gasteiger partial charge is 0.117 e. The number of halogens is 1. The predicted octanol–water partition coefficient (Wildman–Crippen LogP) is 3.18. The average Bonchev–Trinajstić information content (AvgIpc) is 2.77. The Hall–Kier alpha value is -0.890. The van der Waals surface area contributed by atoms with E-state index in [2.05, 4.69) is 9.98 Å². The van der Waals surface area contributed by atoms with Crippen molar-refractivity contribution in [3.8, 4) is 0 Å². The van der Waals surface area contributed by atoms with E-state index in [1.807, 2.05) is 12.3 Å². The third kappa shape index (κ3) is 0.921. The summed E-state index contributed by atoms with van der Waals surface area (Å²) in [6.45, 7) is 0. The van der Waals surface area contributed by atoms with Crippen molar-refractivity contribution in [2.45, 2.75) is 31.1 Å². The van der Waals surface area contributed by atoms with Crippen LogP contribution in [0.4, 0.5) is 5.69 Å². The molecule has 0 unspecified atom stereocenters. The Labute approximate surface area is 88.0 Å². The molecule has 3 heteroatoms. The zero-order chi connectivity index (χ0) is 9.60. The van der Waals surface area contributed by atoms with E-state index in [0.29, 0.717) is 0 Å². The number of fused-ring (bicyclic) bond motifs is 2. The van der Waals surface area contributed by atoms with E-state index in [-0.39, 0.29) is 5.41 Å². The van der Waals surface area contributed by atoms with Crippen molar-refractivity contribution in [2.24, 2.45) is 4.99 Å². The van der Waals surface area contributed by atoms with Crippen LogP contribution in [0.3, 0.4) is 0 Å². The van der Waals surface area contributed by atoms with Crippen molar-refractivity contribution in [3.63, 3.8) is 0 Å². The molecule has 1 fully saturated rings. The van der Waals surface area contributed by atoms with Gasteiger partial charge >= 0.3 is 0 Å². The van der Waals surface area contributed by atoms with Crippen LogP contribution in [0.2, 0.25) is 0 Å². The molecule has 0 radical (unpaired) electrons. The van der Waals surface area contributed by atoms with E-state index in [1.165, 1.54) is 18.4 Å². The maximum absolute atomic E-state index is 6.26. The minimum Gasteiger partial charge on any atom is -0.264 e. The minimum atomic E-state index is 0.0329.